The molecule has 2 heteroatoms. The normalized spacial score (nSPS) is 27.4. The predicted octanol–water partition coefficient (Wildman–Crippen LogP) is 2.99. The van der Waals surface area contributed by atoms with E-state index in [4.69, 9.17) is 0 Å². The highest BCUT2D eigenvalue weighted by Gasteiger charge is 2.24. The minimum absolute atomic E-state index is 0.734. The summed E-state index contributed by atoms with van der Waals surface area (Å²) < 4.78 is 0. The average molecular weight is 240 g/mol. The molecule has 0 radical (unpaired) electrons. The lowest BCUT2D eigenvalue weighted by atomic mass is 9.85. The molecule has 0 aromatic carbocycles. The second-order valence-corrected chi connectivity index (χ2v) is 6.61. The van der Waals surface area contributed by atoms with E-state index in [1.807, 2.05) is 0 Å². The molecule has 2 unspecified atom stereocenters. The molecule has 1 fully saturated rings. The Morgan fingerprint density at radius 2 is 1.76 bits per heavy atom. The van der Waals surface area contributed by atoms with Crippen molar-refractivity contribution in [3.8, 4) is 0 Å². The third-order valence-electron chi connectivity index (χ3n) is 4.56. The Balaban J connectivity index is 2.34. The highest BCUT2D eigenvalue weighted by Crippen LogP contribution is 2.21. The van der Waals surface area contributed by atoms with Crippen LogP contribution in [0.25, 0.3) is 0 Å². The zero-order valence-corrected chi connectivity index (χ0v) is 12.7. The van der Waals surface area contributed by atoms with Crippen LogP contribution in [0.3, 0.4) is 0 Å². The fourth-order valence-electron chi connectivity index (χ4n) is 3.02. The van der Waals surface area contributed by atoms with Gasteiger partial charge in [0.1, 0.15) is 0 Å². The van der Waals surface area contributed by atoms with Crippen LogP contribution in [0.15, 0.2) is 0 Å². The lowest BCUT2D eigenvalue weighted by Crippen LogP contribution is -2.47. The Labute approximate surface area is 108 Å². The molecule has 17 heavy (non-hydrogen) atoms. The fraction of sp³-hybridized carbons (Fsp3) is 1.00. The zero-order valence-electron chi connectivity index (χ0n) is 12.7. The van der Waals surface area contributed by atoms with Gasteiger partial charge in [-0.15, -0.1) is 0 Å². The molecule has 1 N–H and O–H groups in total. The topological polar surface area (TPSA) is 15.3 Å². The van der Waals surface area contributed by atoms with Crippen LogP contribution in [0.5, 0.6) is 0 Å². The van der Waals surface area contributed by atoms with Gasteiger partial charge in [-0.2, -0.15) is 0 Å². The van der Waals surface area contributed by atoms with E-state index in [1.54, 1.807) is 0 Å². The molecule has 1 saturated heterocycles. The van der Waals surface area contributed by atoms with E-state index in [2.05, 4.69) is 51.9 Å². The van der Waals surface area contributed by atoms with E-state index in [9.17, 15) is 0 Å². The molecule has 1 heterocycles. The number of nitrogens with one attached hydrogen (secondary N) is 1. The summed E-state index contributed by atoms with van der Waals surface area (Å²) in [5.41, 5.74) is 0. The van der Waals surface area contributed by atoms with Crippen LogP contribution >= 0.6 is 0 Å². The van der Waals surface area contributed by atoms with E-state index >= 15 is 0 Å². The van der Waals surface area contributed by atoms with Crippen LogP contribution in [0.4, 0.5) is 0 Å². The van der Waals surface area contributed by atoms with Crippen LogP contribution in [-0.4, -0.2) is 37.1 Å². The second kappa shape index (κ2) is 6.75. The number of hydrogen-bond acceptors (Lipinski definition) is 2. The zero-order chi connectivity index (χ0) is 13.0. The summed E-state index contributed by atoms with van der Waals surface area (Å²) in [6, 6.07) is 1.47. The lowest BCUT2D eigenvalue weighted by molar-refractivity contribution is 0.159. The van der Waals surface area contributed by atoms with E-state index in [0.717, 1.165) is 29.8 Å². The Kier molecular flexibility index (Phi) is 5.94. The van der Waals surface area contributed by atoms with Gasteiger partial charge in [-0.25, -0.2) is 0 Å². The van der Waals surface area contributed by atoms with Crippen molar-refractivity contribution in [3.63, 3.8) is 0 Å². The molecule has 1 aliphatic heterocycles. The molecule has 0 aromatic rings. The highest BCUT2D eigenvalue weighted by molar-refractivity contribution is 4.82. The molecular weight excluding hydrogens is 208 g/mol. The molecule has 1 aliphatic rings. The van der Waals surface area contributed by atoms with E-state index in [0.29, 0.717) is 0 Å². The fourth-order valence-corrected chi connectivity index (χ4v) is 3.02. The summed E-state index contributed by atoms with van der Waals surface area (Å²) in [5.74, 6) is 2.38. The van der Waals surface area contributed by atoms with Crippen molar-refractivity contribution in [2.45, 2.75) is 59.5 Å². The summed E-state index contributed by atoms with van der Waals surface area (Å²) in [5, 5.41) is 3.81. The summed E-state index contributed by atoms with van der Waals surface area (Å²) in [4.78, 5) is 2.47. The minimum atomic E-state index is 0.734. The Morgan fingerprint density at radius 1 is 1.18 bits per heavy atom. The molecule has 0 saturated carbocycles. The van der Waals surface area contributed by atoms with Gasteiger partial charge in [0.2, 0.25) is 0 Å². The molecule has 0 aliphatic carbocycles. The number of nitrogens with zero attached hydrogens (tertiary/aromatic N) is 1. The second-order valence-electron chi connectivity index (χ2n) is 6.61. The van der Waals surface area contributed by atoms with E-state index in [1.165, 1.54) is 25.9 Å². The van der Waals surface area contributed by atoms with Crippen LogP contribution in [0, 0.1) is 17.8 Å². The first-order chi connectivity index (χ1) is 7.91. The molecule has 2 nitrogen and oxygen atoms in total. The maximum Gasteiger partial charge on any atom is 0.00941 e. The molecular formula is C15H32N2. The molecule has 0 spiro atoms. The van der Waals surface area contributed by atoms with Crippen LogP contribution < -0.4 is 5.32 Å². The van der Waals surface area contributed by atoms with Crippen LogP contribution in [-0.2, 0) is 0 Å². The summed E-state index contributed by atoms with van der Waals surface area (Å²) in [6.07, 6.45) is 2.61. The average Bonchev–Trinajstić information content (AvgIpc) is 2.22. The standard InChI is InChI=1S/C15H32N2/c1-11(2)15(12(3)4)10-16-14-7-8-17(6)13(5)9-14/h11-16H,7-10H2,1-6H3. The first kappa shape index (κ1) is 15.0. The largest absolute Gasteiger partial charge is 0.314 e. The van der Waals surface area contributed by atoms with Gasteiger partial charge < -0.3 is 10.2 Å². The molecule has 2 atom stereocenters. The number of hydrogen-bond donors (Lipinski definition) is 1. The maximum atomic E-state index is 3.81. The lowest BCUT2D eigenvalue weighted by Gasteiger charge is -2.37. The first-order valence-electron chi connectivity index (χ1n) is 7.35. The van der Waals surface area contributed by atoms with E-state index < -0.39 is 0 Å². The van der Waals surface area contributed by atoms with Crippen molar-refractivity contribution in [1.82, 2.24) is 10.2 Å². The number of likely N-dealkylation sites (tertiary alicyclic amines) is 1. The van der Waals surface area contributed by atoms with Gasteiger partial charge >= 0.3 is 0 Å². The quantitative estimate of drug-likeness (QED) is 0.795. The minimum Gasteiger partial charge on any atom is -0.314 e. The van der Waals surface area contributed by atoms with Gasteiger partial charge in [0.15, 0.2) is 0 Å². The van der Waals surface area contributed by atoms with Gasteiger partial charge in [0.25, 0.3) is 0 Å². The third kappa shape index (κ3) is 4.59. The van der Waals surface area contributed by atoms with Crippen molar-refractivity contribution >= 4 is 0 Å². The summed E-state index contributed by atoms with van der Waals surface area (Å²) >= 11 is 0. The molecule has 0 aromatic heterocycles. The molecule has 0 bridgehead atoms. The van der Waals surface area contributed by atoms with Crippen LogP contribution in [0.1, 0.15) is 47.5 Å². The van der Waals surface area contributed by atoms with Crippen molar-refractivity contribution in [2.24, 2.45) is 17.8 Å². The smallest absolute Gasteiger partial charge is 0.00941 e. The SMILES string of the molecule is CC(C)C(CNC1CCN(C)C(C)C1)C(C)C. The maximum absolute atomic E-state index is 3.81. The molecule has 102 valence electrons. The Hall–Kier alpha value is -0.0800. The van der Waals surface area contributed by atoms with Gasteiger partial charge in [-0.05, 0) is 57.7 Å². The van der Waals surface area contributed by atoms with Gasteiger partial charge in [-0.3, -0.25) is 0 Å². The van der Waals surface area contributed by atoms with Crippen molar-refractivity contribution in [1.29, 1.82) is 0 Å². The van der Waals surface area contributed by atoms with Gasteiger partial charge in [0, 0.05) is 12.1 Å². The van der Waals surface area contributed by atoms with Gasteiger partial charge in [-0.1, -0.05) is 27.7 Å². The van der Waals surface area contributed by atoms with Crippen LogP contribution in [0.2, 0.25) is 0 Å². The van der Waals surface area contributed by atoms with Crippen molar-refractivity contribution in [3.05, 3.63) is 0 Å². The predicted molar refractivity (Wildman–Crippen MR) is 76.3 cm³/mol. The number of piperidine rings is 1. The Bertz CT molecular complexity index is 205. The number of rotatable bonds is 5. The highest BCUT2D eigenvalue weighted by atomic mass is 15.1. The summed E-state index contributed by atoms with van der Waals surface area (Å²) in [6.45, 7) is 14.2. The summed E-state index contributed by atoms with van der Waals surface area (Å²) in [7, 11) is 2.24. The molecule has 0 amide bonds. The van der Waals surface area contributed by atoms with Crippen molar-refractivity contribution in [2.75, 3.05) is 20.1 Å². The Morgan fingerprint density at radius 3 is 2.24 bits per heavy atom. The van der Waals surface area contributed by atoms with E-state index in [-0.39, 0.29) is 0 Å². The third-order valence-corrected chi connectivity index (χ3v) is 4.56. The monoisotopic (exact) mass is 240 g/mol. The van der Waals surface area contributed by atoms with Crippen molar-refractivity contribution < 1.29 is 0 Å². The molecule has 1 rings (SSSR count). The first-order valence-corrected chi connectivity index (χ1v) is 7.35. The van der Waals surface area contributed by atoms with Gasteiger partial charge in [0.05, 0.1) is 0 Å².